The van der Waals surface area contributed by atoms with Crippen LogP contribution in [0.1, 0.15) is 32.6 Å². The molecule has 28 heavy (non-hydrogen) atoms. The topological polar surface area (TPSA) is 108 Å². The fraction of sp³-hybridized carbons (Fsp3) is 0.933. The second-order valence-corrected chi connectivity index (χ2v) is 11.6. The first-order chi connectivity index (χ1) is 12.8. The molecule has 2 aliphatic rings. The van der Waals surface area contributed by atoms with Gasteiger partial charge in [0.15, 0.2) is 5.96 Å². The van der Waals surface area contributed by atoms with Gasteiger partial charge >= 0.3 is 15.5 Å². The number of guanidine groups is 1. The number of sulfone groups is 1. The highest BCUT2D eigenvalue weighted by Gasteiger charge is 2.50. The van der Waals surface area contributed by atoms with Crippen LogP contribution in [0.15, 0.2) is 4.99 Å². The summed E-state index contributed by atoms with van der Waals surface area (Å²) in [5.41, 5.74) is -5.62. The highest BCUT2D eigenvalue weighted by atomic mass is 32.2. The SMILES string of the molecule is CCNC(=NCC1(CS(C)(=O)=O)CC1)NC1CCN(S(=O)(=O)C(F)(F)F)CC1. The summed E-state index contributed by atoms with van der Waals surface area (Å²) in [7, 11) is -8.40. The molecule has 0 unspecified atom stereocenters. The van der Waals surface area contributed by atoms with Crippen molar-refractivity contribution in [1.29, 1.82) is 0 Å². The van der Waals surface area contributed by atoms with Crippen LogP contribution >= 0.6 is 0 Å². The predicted octanol–water partition coefficient (Wildman–Crippen LogP) is 0.680. The lowest BCUT2D eigenvalue weighted by molar-refractivity contribution is -0.0494. The van der Waals surface area contributed by atoms with Gasteiger partial charge in [0.25, 0.3) is 0 Å². The maximum atomic E-state index is 12.6. The fourth-order valence-corrected chi connectivity index (χ4v) is 5.70. The van der Waals surface area contributed by atoms with Gasteiger partial charge in [-0.1, -0.05) is 0 Å². The van der Waals surface area contributed by atoms with E-state index in [1.54, 1.807) is 0 Å². The van der Waals surface area contributed by atoms with Gasteiger partial charge in [0.2, 0.25) is 0 Å². The number of rotatable bonds is 7. The Morgan fingerprint density at radius 1 is 1.18 bits per heavy atom. The number of hydrogen-bond acceptors (Lipinski definition) is 5. The van der Waals surface area contributed by atoms with E-state index in [4.69, 9.17) is 0 Å². The molecule has 1 saturated heterocycles. The summed E-state index contributed by atoms with van der Waals surface area (Å²) in [5, 5.41) is 6.15. The molecular formula is C15H27F3N4O4S2. The minimum absolute atomic E-state index is 0.0800. The first-order valence-corrected chi connectivity index (χ1v) is 12.6. The molecule has 0 spiro atoms. The van der Waals surface area contributed by atoms with E-state index in [0.29, 0.717) is 23.4 Å². The van der Waals surface area contributed by atoms with Gasteiger partial charge in [-0.3, -0.25) is 4.99 Å². The van der Waals surface area contributed by atoms with Crippen molar-refractivity contribution in [2.75, 3.05) is 38.2 Å². The van der Waals surface area contributed by atoms with Crippen LogP contribution in [-0.2, 0) is 19.9 Å². The highest BCUT2D eigenvalue weighted by Crippen LogP contribution is 2.46. The van der Waals surface area contributed by atoms with Crippen LogP contribution in [0.25, 0.3) is 0 Å². The zero-order valence-electron chi connectivity index (χ0n) is 15.9. The van der Waals surface area contributed by atoms with Crippen molar-refractivity contribution in [2.24, 2.45) is 10.4 Å². The van der Waals surface area contributed by atoms with E-state index in [-0.39, 0.29) is 43.1 Å². The van der Waals surface area contributed by atoms with Crippen LogP contribution in [0, 0.1) is 5.41 Å². The van der Waals surface area contributed by atoms with Gasteiger partial charge < -0.3 is 10.6 Å². The summed E-state index contributed by atoms with van der Waals surface area (Å²) in [5.74, 6) is 0.538. The van der Waals surface area contributed by atoms with Gasteiger partial charge in [-0.05, 0) is 32.6 Å². The molecule has 0 bridgehead atoms. The molecule has 2 fully saturated rings. The fourth-order valence-electron chi connectivity index (χ4n) is 3.23. The Morgan fingerprint density at radius 3 is 2.18 bits per heavy atom. The average molecular weight is 449 g/mol. The van der Waals surface area contributed by atoms with E-state index in [1.165, 1.54) is 6.26 Å². The molecule has 164 valence electrons. The molecule has 0 amide bonds. The van der Waals surface area contributed by atoms with Crippen LogP contribution in [-0.4, -0.2) is 76.8 Å². The zero-order chi connectivity index (χ0) is 21.2. The second-order valence-electron chi connectivity index (χ2n) is 7.53. The maximum absolute atomic E-state index is 12.6. The summed E-state index contributed by atoms with van der Waals surface area (Å²) >= 11 is 0. The van der Waals surface area contributed by atoms with Crippen LogP contribution in [0.2, 0.25) is 0 Å². The van der Waals surface area contributed by atoms with E-state index < -0.39 is 25.4 Å². The summed E-state index contributed by atoms with van der Waals surface area (Å²) in [6, 6.07) is -0.220. The molecule has 0 atom stereocenters. The molecule has 13 heteroatoms. The van der Waals surface area contributed by atoms with E-state index in [9.17, 15) is 30.0 Å². The third-order valence-corrected chi connectivity index (χ3v) is 7.64. The molecule has 0 aromatic rings. The molecule has 0 aromatic heterocycles. The average Bonchev–Trinajstić information content (AvgIpc) is 3.30. The van der Waals surface area contributed by atoms with Gasteiger partial charge in [0.1, 0.15) is 9.84 Å². The van der Waals surface area contributed by atoms with Crippen molar-refractivity contribution in [3.8, 4) is 0 Å². The van der Waals surface area contributed by atoms with Gasteiger partial charge in [0, 0.05) is 43.9 Å². The normalized spacial score (nSPS) is 22.1. The quantitative estimate of drug-likeness (QED) is 0.438. The molecule has 2 N–H and O–H groups in total. The third-order valence-electron chi connectivity index (χ3n) is 4.87. The molecule has 2 rings (SSSR count). The Hall–Kier alpha value is -1.08. The minimum atomic E-state index is -5.30. The number of nitrogens with one attached hydrogen (secondary N) is 2. The predicted molar refractivity (Wildman–Crippen MR) is 100 cm³/mol. The summed E-state index contributed by atoms with van der Waals surface area (Å²) < 4.78 is 84.4. The Morgan fingerprint density at radius 2 is 1.75 bits per heavy atom. The highest BCUT2D eigenvalue weighted by molar-refractivity contribution is 7.90. The van der Waals surface area contributed by atoms with E-state index in [1.807, 2.05) is 6.92 Å². The number of piperidine rings is 1. The molecule has 1 aliphatic heterocycles. The molecule has 1 saturated carbocycles. The molecule has 0 radical (unpaired) electrons. The van der Waals surface area contributed by atoms with E-state index >= 15 is 0 Å². The monoisotopic (exact) mass is 448 g/mol. The van der Waals surface area contributed by atoms with Crippen LogP contribution in [0.4, 0.5) is 13.2 Å². The van der Waals surface area contributed by atoms with Crippen LogP contribution in [0.3, 0.4) is 0 Å². The number of nitrogens with zero attached hydrogens (tertiary/aromatic N) is 2. The summed E-state index contributed by atoms with van der Waals surface area (Å²) in [6.07, 6.45) is 3.21. The number of alkyl halides is 3. The molecule has 0 aromatic carbocycles. The van der Waals surface area contributed by atoms with E-state index in [0.717, 1.165) is 12.8 Å². The van der Waals surface area contributed by atoms with Crippen molar-refractivity contribution in [3.05, 3.63) is 0 Å². The van der Waals surface area contributed by atoms with E-state index in [2.05, 4.69) is 15.6 Å². The third kappa shape index (κ3) is 6.21. The van der Waals surface area contributed by atoms with Crippen molar-refractivity contribution in [1.82, 2.24) is 14.9 Å². The molecule has 8 nitrogen and oxygen atoms in total. The van der Waals surface area contributed by atoms with Crippen molar-refractivity contribution in [3.63, 3.8) is 0 Å². The smallest absolute Gasteiger partial charge is 0.357 e. The molecule has 1 aliphatic carbocycles. The zero-order valence-corrected chi connectivity index (χ0v) is 17.6. The first-order valence-electron chi connectivity index (χ1n) is 9.07. The Kier molecular flexibility index (Phi) is 6.91. The Bertz CT molecular complexity index is 785. The standard InChI is InChI=1S/C15H27F3N4O4S2/c1-3-19-13(20-10-14(6-7-14)11-27(2,23)24)21-12-4-8-22(9-5-12)28(25,26)15(16,17)18/h12H,3-11H2,1-2H3,(H2,19,20,21). The van der Waals surface area contributed by atoms with Crippen LogP contribution < -0.4 is 10.6 Å². The van der Waals surface area contributed by atoms with Gasteiger partial charge in [-0.25, -0.2) is 16.8 Å². The summed E-state index contributed by atoms with van der Waals surface area (Å²) in [6.45, 7) is 2.32. The lowest BCUT2D eigenvalue weighted by Crippen LogP contribution is -2.51. The molecular weight excluding hydrogens is 421 g/mol. The molecule has 1 heterocycles. The second kappa shape index (κ2) is 8.34. The first kappa shape index (κ1) is 23.2. The van der Waals surface area contributed by atoms with Crippen molar-refractivity contribution < 1.29 is 30.0 Å². The number of hydrogen-bond donors (Lipinski definition) is 2. The van der Waals surface area contributed by atoms with Gasteiger partial charge in [0.05, 0.1) is 5.75 Å². The van der Waals surface area contributed by atoms with Crippen LogP contribution in [0.5, 0.6) is 0 Å². The van der Waals surface area contributed by atoms with Gasteiger partial charge in [-0.15, -0.1) is 0 Å². The van der Waals surface area contributed by atoms with Gasteiger partial charge in [-0.2, -0.15) is 17.5 Å². The van der Waals surface area contributed by atoms with Crippen molar-refractivity contribution in [2.45, 2.75) is 44.2 Å². The number of sulfonamides is 1. The Balaban J connectivity index is 1.94. The maximum Gasteiger partial charge on any atom is 0.511 e. The largest absolute Gasteiger partial charge is 0.511 e. The minimum Gasteiger partial charge on any atom is -0.357 e. The number of halogens is 3. The Labute approximate surface area is 163 Å². The lowest BCUT2D eigenvalue weighted by Gasteiger charge is -2.32. The summed E-state index contributed by atoms with van der Waals surface area (Å²) in [4.78, 5) is 4.45. The number of aliphatic imine (C=N–C) groups is 1. The lowest BCUT2D eigenvalue weighted by atomic mass is 10.1. The van der Waals surface area contributed by atoms with Crippen molar-refractivity contribution >= 4 is 25.8 Å².